The van der Waals surface area contributed by atoms with E-state index in [1.807, 2.05) is 12.1 Å². The van der Waals surface area contributed by atoms with Crippen LogP contribution in [0.4, 0.5) is 0 Å². The van der Waals surface area contributed by atoms with Crippen LogP contribution in [-0.4, -0.2) is 51.6 Å². The maximum Gasteiger partial charge on any atom is 0.212 e. The number of rotatable bonds is 3. The zero-order valence-corrected chi connectivity index (χ0v) is 12.1. The van der Waals surface area contributed by atoms with E-state index in [4.69, 9.17) is 4.74 Å². The predicted octanol–water partition coefficient (Wildman–Crippen LogP) is 1.62. The zero-order valence-electron chi connectivity index (χ0n) is 12.1. The van der Waals surface area contributed by atoms with Gasteiger partial charge in [-0.1, -0.05) is 5.21 Å². The summed E-state index contributed by atoms with van der Waals surface area (Å²) in [7, 11) is 1.62. The number of fused-ring (bicyclic) bond motifs is 3. The third-order valence-electron chi connectivity index (χ3n) is 4.71. The molecule has 6 heteroatoms. The van der Waals surface area contributed by atoms with Crippen molar-refractivity contribution in [1.82, 2.24) is 24.9 Å². The number of piperidine rings is 3. The summed E-state index contributed by atoms with van der Waals surface area (Å²) in [5.74, 6) is 1.36. The van der Waals surface area contributed by atoms with E-state index in [0.29, 0.717) is 11.9 Å². The molecule has 2 aromatic rings. The second-order valence-electron chi connectivity index (χ2n) is 5.88. The summed E-state index contributed by atoms with van der Waals surface area (Å²) in [5, 5.41) is 8.67. The Labute approximate surface area is 123 Å². The molecule has 6 nitrogen and oxygen atoms in total. The summed E-state index contributed by atoms with van der Waals surface area (Å²) in [4.78, 5) is 6.75. The lowest BCUT2D eigenvalue weighted by Crippen LogP contribution is -2.48. The minimum Gasteiger partial charge on any atom is -0.481 e. The number of pyridine rings is 1. The molecule has 3 saturated heterocycles. The number of aromatic nitrogens is 4. The molecule has 0 saturated carbocycles. The molecule has 2 bridgehead atoms. The summed E-state index contributed by atoms with van der Waals surface area (Å²) in [5.41, 5.74) is 1.85. The Bertz CT molecular complexity index is 615. The topological polar surface area (TPSA) is 56.1 Å². The van der Waals surface area contributed by atoms with Crippen molar-refractivity contribution >= 4 is 0 Å². The first-order chi connectivity index (χ1) is 10.3. The lowest BCUT2D eigenvalue weighted by atomic mass is 9.84. The summed E-state index contributed by atoms with van der Waals surface area (Å²) in [6, 6.07) is 4.29. The van der Waals surface area contributed by atoms with Crippen molar-refractivity contribution in [3.8, 4) is 17.1 Å². The number of hydrogen-bond donors (Lipinski definition) is 0. The zero-order chi connectivity index (χ0) is 14.2. The summed E-state index contributed by atoms with van der Waals surface area (Å²) >= 11 is 0. The summed E-state index contributed by atoms with van der Waals surface area (Å²) < 4.78 is 7.13. The highest BCUT2D eigenvalue weighted by molar-refractivity contribution is 5.56. The first-order valence-corrected chi connectivity index (χ1v) is 7.48. The van der Waals surface area contributed by atoms with E-state index >= 15 is 0 Å². The lowest BCUT2D eigenvalue weighted by molar-refractivity contribution is 0.0504. The van der Waals surface area contributed by atoms with Crippen LogP contribution in [0.2, 0.25) is 0 Å². The SMILES string of the molecule is COc1ccc(-c2cn([C@H]3CN4CCC3CC4)nn2)cn1. The van der Waals surface area contributed by atoms with Gasteiger partial charge in [0, 0.05) is 24.4 Å². The standard InChI is InChI=1S/C15H19N5O/c1-21-15-3-2-12(8-16-15)13-9-20(18-17-13)14-10-19-6-4-11(14)5-7-19/h2-3,8-9,11,14H,4-7,10H2,1H3/t14-/m0/s1. The van der Waals surface area contributed by atoms with Gasteiger partial charge in [-0.2, -0.15) is 0 Å². The van der Waals surface area contributed by atoms with E-state index < -0.39 is 0 Å². The molecule has 2 aromatic heterocycles. The Kier molecular flexibility index (Phi) is 3.11. The molecular weight excluding hydrogens is 266 g/mol. The minimum absolute atomic E-state index is 0.472. The van der Waals surface area contributed by atoms with Crippen LogP contribution in [0.5, 0.6) is 5.88 Å². The highest BCUT2D eigenvalue weighted by Gasteiger charge is 2.35. The molecule has 1 atom stereocenters. The Hall–Kier alpha value is -1.95. The van der Waals surface area contributed by atoms with Crippen molar-refractivity contribution in [2.24, 2.45) is 5.92 Å². The monoisotopic (exact) mass is 285 g/mol. The third-order valence-corrected chi connectivity index (χ3v) is 4.71. The van der Waals surface area contributed by atoms with Crippen LogP contribution >= 0.6 is 0 Å². The van der Waals surface area contributed by atoms with Crippen LogP contribution in [0, 0.1) is 5.92 Å². The van der Waals surface area contributed by atoms with E-state index in [0.717, 1.165) is 23.7 Å². The molecule has 0 aliphatic carbocycles. The Balaban J connectivity index is 1.57. The van der Waals surface area contributed by atoms with E-state index in [-0.39, 0.29) is 0 Å². The lowest BCUT2D eigenvalue weighted by Gasteiger charge is -2.44. The van der Waals surface area contributed by atoms with Crippen molar-refractivity contribution < 1.29 is 4.74 Å². The van der Waals surface area contributed by atoms with Gasteiger partial charge >= 0.3 is 0 Å². The number of methoxy groups -OCH3 is 1. The molecule has 3 aliphatic rings. The molecule has 5 rings (SSSR count). The van der Waals surface area contributed by atoms with Gasteiger partial charge < -0.3 is 9.64 Å². The Morgan fingerprint density at radius 3 is 2.71 bits per heavy atom. The molecule has 0 aromatic carbocycles. The molecule has 3 fully saturated rings. The van der Waals surface area contributed by atoms with Crippen molar-refractivity contribution in [2.75, 3.05) is 26.7 Å². The fourth-order valence-corrected chi connectivity index (χ4v) is 3.46. The van der Waals surface area contributed by atoms with Gasteiger partial charge in [0.1, 0.15) is 5.69 Å². The van der Waals surface area contributed by atoms with Crippen molar-refractivity contribution in [3.05, 3.63) is 24.5 Å². The minimum atomic E-state index is 0.472. The average molecular weight is 285 g/mol. The normalized spacial score (nSPS) is 27.8. The molecular formula is C15H19N5O. The molecule has 0 radical (unpaired) electrons. The van der Waals surface area contributed by atoms with Crippen molar-refractivity contribution in [2.45, 2.75) is 18.9 Å². The van der Waals surface area contributed by atoms with Crippen molar-refractivity contribution in [1.29, 1.82) is 0 Å². The van der Waals surface area contributed by atoms with Gasteiger partial charge in [-0.3, -0.25) is 0 Å². The second-order valence-corrected chi connectivity index (χ2v) is 5.88. The largest absolute Gasteiger partial charge is 0.481 e. The van der Waals surface area contributed by atoms with Crippen molar-refractivity contribution in [3.63, 3.8) is 0 Å². The van der Waals surface area contributed by atoms with Gasteiger partial charge in [-0.25, -0.2) is 9.67 Å². The fraction of sp³-hybridized carbons (Fsp3) is 0.533. The summed E-state index contributed by atoms with van der Waals surface area (Å²) in [6.07, 6.45) is 6.40. The predicted molar refractivity (Wildman–Crippen MR) is 78.0 cm³/mol. The molecule has 5 heterocycles. The maximum atomic E-state index is 5.08. The quantitative estimate of drug-likeness (QED) is 0.857. The van der Waals surface area contributed by atoms with Crippen LogP contribution in [0.25, 0.3) is 11.3 Å². The molecule has 21 heavy (non-hydrogen) atoms. The molecule has 0 unspecified atom stereocenters. The molecule has 0 N–H and O–H groups in total. The van der Waals surface area contributed by atoms with E-state index in [2.05, 4.69) is 31.1 Å². The number of nitrogens with zero attached hydrogens (tertiary/aromatic N) is 5. The van der Waals surface area contributed by atoms with Gasteiger partial charge in [0.2, 0.25) is 5.88 Å². The molecule has 110 valence electrons. The van der Waals surface area contributed by atoms with Gasteiger partial charge in [0.05, 0.1) is 19.3 Å². The Morgan fingerprint density at radius 1 is 1.24 bits per heavy atom. The second kappa shape index (κ2) is 5.11. The Morgan fingerprint density at radius 2 is 2.10 bits per heavy atom. The molecule has 3 aliphatic heterocycles. The van der Waals surface area contributed by atoms with Gasteiger partial charge in [-0.15, -0.1) is 5.10 Å². The maximum absolute atomic E-state index is 5.08. The third kappa shape index (κ3) is 2.29. The summed E-state index contributed by atoms with van der Waals surface area (Å²) in [6.45, 7) is 3.59. The van der Waals surface area contributed by atoms with Crippen LogP contribution in [0.3, 0.4) is 0 Å². The van der Waals surface area contributed by atoms with Crippen LogP contribution in [-0.2, 0) is 0 Å². The smallest absolute Gasteiger partial charge is 0.212 e. The van der Waals surface area contributed by atoms with Crippen LogP contribution in [0.15, 0.2) is 24.5 Å². The highest BCUT2D eigenvalue weighted by Crippen LogP contribution is 2.35. The van der Waals surface area contributed by atoms with Gasteiger partial charge in [0.15, 0.2) is 0 Å². The van der Waals surface area contributed by atoms with Crippen LogP contribution < -0.4 is 4.74 Å². The molecule has 0 spiro atoms. The number of hydrogen-bond acceptors (Lipinski definition) is 5. The first-order valence-electron chi connectivity index (χ1n) is 7.48. The van der Waals surface area contributed by atoms with Gasteiger partial charge in [-0.05, 0) is 37.9 Å². The van der Waals surface area contributed by atoms with Crippen LogP contribution in [0.1, 0.15) is 18.9 Å². The highest BCUT2D eigenvalue weighted by atomic mass is 16.5. The number of ether oxygens (including phenoxy) is 1. The first kappa shape index (κ1) is 12.8. The fourth-order valence-electron chi connectivity index (χ4n) is 3.46. The van der Waals surface area contributed by atoms with E-state index in [1.54, 1.807) is 13.3 Å². The van der Waals surface area contributed by atoms with E-state index in [1.165, 1.54) is 25.9 Å². The molecule has 0 amide bonds. The van der Waals surface area contributed by atoms with Gasteiger partial charge in [0.25, 0.3) is 0 Å². The average Bonchev–Trinajstić information content (AvgIpc) is 3.06. The van der Waals surface area contributed by atoms with E-state index in [9.17, 15) is 0 Å².